The highest BCUT2D eigenvalue weighted by Crippen LogP contribution is 2.20. The highest BCUT2D eigenvalue weighted by molar-refractivity contribution is 7.91. The highest BCUT2D eigenvalue weighted by Gasteiger charge is 2.26. The average Bonchev–Trinajstić information content (AvgIpc) is 2.63. The Bertz CT molecular complexity index is 600. The van der Waals surface area contributed by atoms with E-state index in [1.807, 2.05) is 0 Å². The van der Waals surface area contributed by atoms with Gasteiger partial charge in [0.05, 0.1) is 5.25 Å². The van der Waals surface area contributed by atoms with Crippen LogP contribution in [0.15, 0.2) is 24.3 Å². The first kappa shape index (κ1) is 15.3. The average molecular weight is 316 g/mol. The van der Waals surface area contributed by atoms with Crippen molar-refractivity contribution >= 4 is 27.3 Å². The van der Waals surface area contributed by atoms with E-state index in [-0.39, 0.29) is 11.2 Å². The fourth-order valence-electron chi connectivity index (χ4n) is 2.50. The number of sulfone groups is 1. The minimum Gasteiger partial charge on any atom is -0.339 e. The molecule has 110 valence electrons. The van der Waals surface area contributed by atoms with E-state index in [9.17, 15) is 13.2 Å². The molecule has 1 aromatic rings. The number of carbonyl (C=O) groups excluding carboxylic acids is 1. The molecule has 1 aliphatic rings. The highest BCUT2D eigenvalue weighted by atomic mass is 35.5. The molecule has 0 aliphatic carbocycles. The van der Waals surface area contributed by atoms with Crippen molar-refractivity contribution in [3.63, 3.8) is 0 Å². The van der Waals surface area contributed by atoms with Crippen LogP contribution in [0, 0.1) is 0 Å². The van der Waals surface area contributed by atoms with Crippen LogP contribution in [-0.2, 0) is 9.84 Å². The van der Waals surface area contributed by atoms with Crippen molar-refractivity contribution in [1.29, 1.82) is 0 Å². The van der Waals surface area contributed by atoms with Gasteiger partial charge in [0.2, 0.25) is 0 Å². The summed E-state index contributed by atoms with van der Waals surface area (Å²) >= 11 is 5.89. The van der Waals surface area contributed by atoms with Gasteiger partial charge in [0, 0.05) is 29.9 Å². The third-order valence-electron chi connectivity index (χ3n) is 3.64. The second-order valence-electron chi connectivity index (χ2n) is 5.18. The molecule has 1 atom stereocenters. The molecule has 1 aromatic carbocycles. The maximum atomic E-state index is 12.4. The maximum Gasteiger partial charge on any atom is 0.253 e. The summed E-state index contributed by atoms with van der Waals surface area (Å²) in [6, 6.07) is 6.84. The molecule has 2 rings (SSSR count). The van der Waals surface area contributed by atoms with Gasteiger partial charge in [0.25, 0.3) is 5.91 Å². The lowest BCUT2D eigenvalue weighted by molar-refractivity contribution is 0.0761. The molecule has 4 nitrogen and oxygen atoms in total. The Balaban J connectivity index is 2.09. The van der Waals surface area contributed by atoms with Crippen LogP contribution >= 0.6 is 11.6 Å². The lowest BCUT2D eigenvalue weighted by Crippen LogP contribution is -2.32. The minimum absolute atomic E-state index is 0.0818. The van der Waals surface area contributed by atoms with Gasteiger partial charge in [-0.1, -0.05) is 17.7 Å². The van der Waals surface area contributed by atoms with Crippen molar-refractivity contribution in [2.75, 3.05) is 19.3 Å². The molecular weight excluding hydrogens is 298 g/mol. The van der Waals surface area contributed by atoms with Gasteiger partial charge in [-0.2, -0.15) is 0 Å². The molecular formula is C14H18ClNO3S. The molecule has 0 spiro atoms. The summed E-state index contributed by atoms with van der Waals surface area (Å²) in [7, 11) is -3.03. The molecule has 0 bridgehead atoms. The number of hydrogen-bond donors (Lipinski definition) is 0. The number of carbonyl (C=O) groups is 1. The van der Waals surface area contributed by atoms with E-state index in [1.165, 1.54) is 6.26 Å². The first-order valence-electron chi connectivity index (χ1n) is 6.61. The van der Waals surface area contributed by atoms with Crippen LogP contribution in [0.5, 0.6) is 0 Å². The quantitative estimate of drug-likeness (QED) is 0.842. The number of amides is 1. The zero-order valence-corrected chi connectivity index (χ0v) is 13.0. The van der Waals surface area contributed by atoms with Gasteiger partial charge in [-0.25, -0.2) is 8.42 Å². The predicted octanol–water partition coefficient (Wildman–Crippen LogP) is 2.38. The summed E-state index contributed by atoms with van der Waals surface area (Å²) in [4.78, 5) is 14.1. The first-order valence-corrected chi connectivity index (χ1v) is 8.95. The number of benzene rings is 1. The molecule has 1 heterocycles. The van der Waals surface area contributed by atoms with E-state index in [1.54, 1.807) is 29.2 Å². The van der Waals surface area contributed by atoms with Crippen molar-refractivity contribution in [3.05, 3.63) is 34.9 Å². The second kappa shape index (κ2) is 6.14. The van der Waals surface area contributed by atoms with Crippen LogP contribution in [0.4, 0.5) is 0 Å². The predicted molar refractivity (Wildman–Crippen MR) is 79.8 cm³/mol. The molecule has 1 amide bonds. The molecule has 1 fully saturated rings. The molecule has 0 radical (unpaired) electrons. The summed E-state index contributed by atoms with van der Waals surface area (Å²) in [5.74, 6) is -0.0818. The lowest BCUT2D eigenvalue weighted by atomic mass is 10.2. The fourth-order valence-corrected chi connectivity index (χ4v) is 3.82. The van der Waals surface area contributed by atoms with Crippen LogP contribution in [0.2, 0.25) is 5.02 Å². The van der Waals surface area contributed by atoms with Crippen LogP contribution in [0.3, 0.4) is 0 Å². The van der Waals surface area contributed by atoms with Crippen molar-refractivity contribution < 1.29 is 13.2 Å². The Morgan fingerprint density at radius 2 is 2.05 bits per heavy atom. The summed E-state index contributed by atoms with van der Waals surface area (Å²) < 4.78 is 23.2. The Kier molecular flexibility index (Phi) is 4.70. The normalized spacial score (nSPS) is 20.5. The molecule has 0 aromatic heterocycles. The van der Waals surface area contributed by atoms with Gasteiger partial charge in [-0.15, -0.1) is 0 Å². The zero-order valence-electron chi connectivity index (χ0n) is 11.4. The molecule has 6 heteroatoms. The fraction of sp³-hybridized carbons (Fsp3) is 0.500. The van der Waals surface area contributed by atoms with Crippen molar-refractivity contribution in [3.8, 4) is 0 Å². The summed E-state index contributed by atoms with van der Waals surface area (Å²) in [5.41, 5.74) is 0.551. The van der Waals surface area contributed by atoms with Gasteiger partial charge in [-0.05, 0) is 37.5 Å². The van der Waals surface area contributed by atoms with Gasteiger partial charge in [-0.3, -0.25) is 4.79 Å². The van der Waals surface area contributed by atoms with Crippen molar-refractivity contribution in [1.82, 2.24) is 4.90 Å². The van der Waals surface area contributed by atoms with E-state index in [0.29, 0.717) is 42.9 Å². The number of rotatable bonds is 2. The second-order valence-corrected chi connectivity index (χ2v) is 7.95. The van der Waals surface area contributed by atoms with Crippen molar-refractivity contribution in [2.45, 2.75) is 24.5 Å². The Hall–Kier alpha value is -1.07. The zero-order chi connectivity index (χ0) is 14.8. The van der Waals surface area contributed by atoms with E-state index >= 15 is 0 Å². The SMILES string of the molecule is CS(=O)(=O)C1CCCN(C(=O)c2cccc(Cl)c2)CC1. The number of likely N-dealkylation sites (tertiary alicyclic amines) is 1. The standard InChI is InChI=1S/C14H18ClNO3S/c1-20(18,19)13-6-3-8-16(9-7-13)14(17)11-4-2-5-12(15)10-11/h2,4-5,10,13H,3,6-9H2,1H3. The van der Waals surface area contributed by atoms with Crippen LogP contribution in [-0.4, -0.2) is 43.8 Å². The number of halogens is 1. The van der Waals surface area contributed by atoms with E-state index in [2.05, 4.69) is 0 Å². The summed E-state index contributed by atoms with van der Waals surface area (Å²) in [6.45, 7) is 1.07. The Labute approximate surface area is 124 Å². The topological polar surface area (TPSA) is 54.5 Å². The van der Waals surface area contributed by atoms with E-state index in [4.69, 9.17) is 11.6 Å². The van der Waals surface area contributed by atoms with Gasteiger partial charge >= 0.3 is 0 Å². The largest absolute Gasteiger partial charge is 0.339 e. The monoisotopic (exact) mass is 315 g/mol. The van der Waals surface area contributed by atoms with E-state index in [0.717, 1.165) is 0 Å². The van der Waals surface area contributed by atoms with E-state index < -0.39 is 9.84 Å². The van der Waals surface area contributed by atoms with Crippen molar-refractivity contribution in [2.24, 2.45) is 0 Å². The van der Waals surface area contributed by atoms with Crippen LogP contribution < -0.4 is 0 Å². The lowest BCUT2D eigenvalue weighted by Gasteiger charge is -2.20. The van der Waals surface area contributed by atoms with Gasteiger partial charge < -0.3 is 4.90 Å². The third kappa shape index (κ3) is 3.73. The molecule has 1 saturated heterocycles. The summed E-state index contributed by atoms with van der Waals surface area (Å²) in [6.07, 6.45) is 3.11. The Morgan fingerprint density at radius 3 is 2.70 bits per heavy atom. The molecule has 20 heavy (non-hydrogen) atoms. The van der Waals surface area contributed by atoms with Gasteiger partial charge in [0.1, 0.15) is 9.84 Å². The maximum absolute atomic E-state index is 12.4. The minimum atomic E-state index is -3.03. The number of nitrogens with zero attached hydrogens (tertiary/aromatic N) is 1. The molecule has 0 N–H and O–H groups in total. The molecule has 1 unspecified atom stereocenters. The number of hydrogen-bond acceptors (Lipinski definition) is 3. The smallest absolute Gasteiger partial charge is 0.253 e. The van der Waals surface area contributed by atoms with Gasteiger partial charge in [0.15, 0.2) is 0 Å². The van der Waals surface area contributed by atoms with Crippen LogP contribution in [0.25, 0.3) is 0 Å². The van der Waals surface area contributed by atoms with Crippen LogP contribution in [0.1, 0.15) is 29.6 Å². The Morgan fingerprint density at radius 1 is 1.30 bits per heavy atom. The molecule has 0 saturated carbocycles. The molecule has 1 aliphatic heterocycles. The summed E-state index contributed by atoms with van der Waals surface area (Å²) in [5, 5.41) is 0.194. The first-order chi connectivity index (χ1) is 9.38. The third-order valence-corrected chi connectivity index (χ3v) is 5.56.